The summed E-state index contributed by atoms with van der Waals surface area (Å²) in [6.45, 7) is 2.33. The van der Waals surface area contributed by atoms with Gasteiger partial charge in [-0.2, -0.15) is 0 Å². The maximum atomic E-state index is 12.0. The summed E-state index contributed by atoms with van der Waals surface area (Å²) >= 11 is 0. The summed E-state index contributed by atoms with van der Waals surface area (Å²) in [7, 11) is 3.20. The second-order valence-electron chi connectivity index (χ2n) is 4.31. The first kappa shape index (κ1) is 13.2. The summed E-state index contributed by atoms with van der Waals surface area (Å²) in [6, 6.07) is 9.34. The number of ether oxygens (including phenoxy) is 2. The Morgan fingerprint density at radius 3 is 2.53 bits per heavy atom. The lowest BCUT2D eigenvalue weighted by molar-refractivity contribution is 0.354. The van der Waals surface area contributed by atoms with Gasteiger partial charge >= 0.3 is 0 Å². The van der Waals surface area contributed by atoms with Gasteiger partial charge in [0.15, 0.2) is 11.5 Å². The number of methoxy groups -OCH3 is 2. The quantitative estimate of drug-likeness (QED) is 0.845. The topological polar surface area (TPSA) is 40.5 Å². The van der Waals surface area contributed by atoms with Gasteiger partial charge in [-0.15, -0.1) is 0 Å². The summed E-state index contributed by atoms with van der Waals surface area (Å²) in [6.07, 6.45) is 1.78. The monoisotopic (exact) mass is 259 g/mol. The van der Waals surface area contributed by atoms with Crippen molar-refractivity contribution in [3.05, 3.63) is 58.0 Å². The van der Waals surface area contributed by atoms with E-state index in [4.69, 9.17) is 9.47 Å². The van der Waals surface area contributed by atoms with Crippen molar-refractivity contribution in [3.63, 3.8) is 0 Å². The molecular weight excluding hydrogens is 242 g/mol. The van der Waals surface area contributed by atoms with Gasteiger partial charge in [0.05, 0.1) is 20.8 Å². The third-order valence-electron chi connectivity index (χ3n) is 3.01. The molecule has 0 spiro atoms. The molecule has 0 aliphatic carbocycles. The molecule has 0 aliphatic rings. The van der Waals surface area contributed by atoms with E-state index in [1.807, 2.05) is 37.3 Å². The number of nitrogens with zero attached hydrogens (tertiary/aromatic N) is 1. The Kier molecular flexibility index (Phi) is 3.90. The van der Waals surface area contributed by atoms with Crippen LogP contribution in [0.3, 0.4) is 0 Å². The van der Waals surface area contributed by atoms with Crippen LogP contribution in [-0.4, -0.2) is 18.8 Å². The minimum atomic E-state index is 0.0253. The Hall–Kier alpha value is -2.23. The van der Waals surface area contributed by atoms with Crippen molar-refractivity contribution in [2.45, 2.75) is 13.5 Å². The summed E-state index contributed by atoms with van der Waals surface area (Å²) in [5.74, 6) is 1.35. The molecule has 0 radical (unpaired) electrons. The van der Waals surface area contributed by atoms with Gasteiger partial charge < -0.3 is 14.0 Å². The number of aryl methyl sites for hydroxylation is 1. The molecule has 1 aromatic carbocycles. The molecule has 1 aromatic heterocycles. The fourth-order valence-electron chi connectivity index (χ4n) is 1.96. The zero-order valence-electron chi connectivity index (χ0n) is 11.3. The van der Waals surface area contributed by atoms with Crippen LogP contribution in [-0.2, 0) is 6.54 Å². The SMILES string of the molecule is COc1ccc(Cn2cccc(C)c2=O)cc1OC. The van der Waals surface area contributed by atoms with Crippen LogP contribution in [0, 0.1) is 6.92 Å². The number of benzene rings is 1. The minimum absolute atomic E-state index is 0.0253. The van der Waals surface area contributed by atoms with Gasteiger partial charge in [0.25, 0.3) is 5.56 Å². The number of rotatable bonds is 4. The van der Waals surface area contributed by atoms with Crippen LogP contribution in [0.4, 0.5) is 0 Å². The molecule has 0 amide bonds. The molecule has 0 N–H and O–H groups in total. The first-order chi connectivity index (χ1) is 9.15. The maximum Gasteiger partial charge on any atom is 0.253 e. The minimum Gasteiger partial charge on any atom is -0.493 e. The number of pyridine rings is 1. The Labute approximate surface area is 112 Å². The molecule has 0 bridgehead atoms. The predicted molar refractivity (Wildman–Crippen MR) is 74.1 cm³/mol. The molecule has 0 fully saturated rings. The molecule has 0 aliphatic heterocycles. The highest BCUT2D eigenvalue weighted by molar-refractivity contribution is 5.42. The number of aromatic nitrogens is 1. The first-order valence-electron chi connectivity index (χ1n) is 6.02. The average molecular weight is 259 g/mol. The van der Waals surface area contributed by atoms with Gasteiger partial charge in [0.2, 0.25) is 0 Å². The number of hydrogen-bond acceptors (Lipinski definition) is 3. The second kappa shape index (κ2) is 5.61. The summed E-state index contributed by atoms with van der Waals surface area (Å²) < 4.78 is 12.1. The van der Waals surface area contributed by atoms with E-state index in [1.54, 1.807) is 25.0 Å². The van der Waals surface area contributed by atoms with E-state index in [0.29, 0.717) is 18.0 Å². The van der Waals surface area contributed by atoms with Crippen LogP contribution >= 0.6 is 0 Å². The standard InChI is InChI=1S/C15H17NO3/c1-11-5-4-8-16(15(11)17)10-12-6-7-13(18-2)14(9-12)19-3/h4-9H,10H2,1-3H3. The van der Waals surface area contributed by atoms with Crippen molar-refractivity contribution < 1.29 is 9.47 Å². The zero-order chi connectivity index (χ0) is 13.8. The largest absolute Gasteiger partial charge is 0.493 e. The van der Waals surface area contributed by atoms with Gasteiger partial charge in [0, 0.05) is 11.8 Å². The molecule has 19 heavy (non-hydrogen) atoms. The smallest absolute Gasteiger partial charge is 0.253 e. The van der Waals surface area contributed by atoms with E-state index < -0.39 is 0 Å². The maximum absolute atomic E-state index is 12.0. The lowest BCUT2D eigenvalue weighted by atomic mass is 10.2. The molecule has 0 atom stereocenters. The third kappa shape index (κ3) is 2.78. The molecule has 2 aromatic rings. The van der Waals surface area contributed by atoms with Crippen molar-refractivity contribution >= 4 is 0 Å². The highest BCUT2D eigenvalue weighted by atomic mass is 16.5. The fraction of sp³-hybridized carbons (Fsp3) is 0.267. The first-order valence-corrected chi connectivity index (χ1v) is 6.02. The highest BCUT2D eigenvalue weighted by Crippen LogP contribution is 2.27. The van der Waals surface area contributed by atoms with E-state index in [0.717, 1.165) is 11.1 Å². The third-order valence-corrected chi connectivity index (χ3v) is 3.01. The summed E-state index contributed by atoms with van der Waals surface area (Å²) in [5.41, 5.74) is 1.76. The normalized spacial score (nSPS) is 10.3. The van der Waals surface area contributed by atoms with E-state index in [2.05, 4.69) is 0 Å². The van der Waals surface area contributed by atoms with Gasteiger partial charge in [0.1, 0.15) is 0 Å². The lowest BCUT2D eigenvalue weighted by Crippen LogP contribution is -2.21. The van der Waals surface area contributed by atoms with E-state index in [9.17, 15) is 4.79 Å². The molecule has 4 nitrogen and oxygen atoms in total. The van der Waals surface area contributed by atoms with Crippen molar-refractivity contribution in [3.8, 4) is 11.5 Å². The van der Waals surface area contributed by atoms with Crippen molar-refractivity contribution in [1.29, 1.82) is 0 Å². The molecule has 2 rings (SSSR count). The zero-order valence-corrected chi connectivity index (χ0v) is 11.3. The molecule has 0 saturated heterocycles. The summed E-state index contributed by atoms with van der Waals surface area (Å²) in [5, 5.41) is 0. The molecule has 1 heterocycles. The molecule has 0 saturated carbocycles. The van der Waals surface area contributed by atoms with Crippen LogP contribution in [0.25, 0.3) is 0 Å². The Morgan fingerprint density at radius 2 is 1.84 bits per heavy atom. The highest BCUT2D eigenvalue weighted by Gasteiger charge is 2.06. The van der Waals surface area contributed by atoms with Gasteiger partial charge in [-0.3, -0.25) is 4.79 Å². The van der Waals surface area contributed by atoms with Crippen molar-refractivity contribution in [1.82, 2.24) is 4.57 Å². The molecule has 4 heteroatoms. The Bertz CT molecular complexity index is 632. The fourth-order valence-corrected chi connectivity index (χ4v) is 1.96. The molecular formula is C15H17NO3. The lowest BCUT2D eigenvalue weighted by Gasteiger charge is -2.11. The van der Waals surface area contributed by atoms with Gasteiger partial charge in [-0.1, -0.05) is 12.1 Å². The summed E-state index contributed by atoms with van der Waals surface area (Å²) in [4.78, 5) is 12.0. The van der Waals surface area contributed by atoms with Crippen LogP contribution in [0.1, 0.15) is 11.1 Å². The average Bonchev–Trinajstić information content (AvgIpc) is 2.43. The predicted octanol–water partition coefficient (Wildman–Crippen LogP) is 2.22. The Morgan fingerprint density at radius 1 is 1.11 bits per heavy atom. The van der Waals surface area contributed by atoms with Crippen LogP contribution in [0.2, 0.25) is 0 Å². The van der Waals surface area contributed by atoms with E-state index >= 15 is 0 Å². The van der Waals surface area contributed by atoms with Crippen LogP contribution in [0.5, 0.6) is 11.5 Å². The molecule has 100 valence electrons. The van der Waals surface area contributed by atoms with Gasteiger partial charge in [-0.25, -0.2) is 0 Å². The van der Waals surface area contributed by atoms with Crippen molar-refractivity contribution in [2.24, 2.45) is 0 Å². The van der Waals surface area contributed by atoms with Gasteiger partial charge in [-0.05, 0) is 30.7 Å². The van der Waals surface area contributed by atoms with E-state index in [-0.39, 0.29) is 5.56 Å². The van der Waals surface area contributed by atoms with Crippen molar-refractivity contribution in [2.75, 3.05) is 14.2 Å². The molecule has 0 unspecified atom stereocenters. The second-order valence-corrected chi connectivity index (χ2v) is 4.31. The number of hydrogen-bond donors (Lipinski definition) is 0. The van der Waals surface area contributed by atoms with E-state index in [1.165, 1.54) is 0 Å². The Balaban J connectivity index is 2.33. The van der Waals surface area contributed by atoms with Crippen LogP contribution in [0.15, 0.2) is 41.3 Å². The van der Waals surface area contributed by atoms with Crippen LogP contribution < -0.4 is 15.0 Å².